The van der Waals surface area contributed by atoms with E-state index in [1.807, 2.05) is 0 Å². The molecule has 0 saturated heterocycles. The maximum atomic E-state index is 11.4. The molecular formula is C11H22N2O. The zero-order chi connectivity index (χ0) is 10.4. The van der Waals surface area contributed by atoms with E-state index in [0.717, 1.165) is 18.8 Å². The highest BCUT2D eigenvalue weighted by atomic mass is 16.1. The molecule has 1 aliphatic rings. The van der Waals surface area contributed by atoms with Crippen molar-refractivity contribution < 1.29 is 4.79 Å². The van der Waals surface area contributed by atoms with Gasteiger partial charge in [-0.05, 0) is 45.1 Å². The quantitative estimate of drug-likeness (QED) is 0.634. The van der Waals surface area contributed by atoms with Crippen LogP contribution in [0.3, 0.4) is 0 Å². The van der Waals surface area contributed by atoms with Gasteiger partial charge in [0.1, 0.15) is 0 Å². The maximum absolute atomic E-state index is 11.4. The number of carbonyl (C=O) groups excluding carboxylic acids is 1. The molecule has 1 atom stereocenters. The van der Waals surface area contributed by atoms with Crippen LogP contribution in [0, 0.1) is 5.92 Å². The van der Waals surface area contributed by atoms with E-state index in [1.54, 1.807) is 0 Å². The van der Waals surface area contributed by atoms with E-state index in [1.165, 1.54) is 19.3 Å². The number of carbonyl (C=O) groups is 1. The molecule has 1 fully saturated rings. The van der Waals surface area contributed by atoms with Crippen LogP contribution in [0.4, 0.5) is 0 Å². The molecule has 1 unspecified atom stereocenters. The van der Waals surface area contributed by atoms with Gasteiger partial charge in [0, 0.05) is 12.5 Å². The summed E-state index contributed by atoms with van der Waals surface area (Å²) in [4.78, 5) is 11.4. The molecule has 14 heavy (non-hydrogen) atoms. The largest absolute Gasteiger partial charge is 0.353 e. The molecule has 3 N–H and O–H groups in total. The molecule has 82 valence electrons. The predicted octanol–water partition coefficient (Wildman–Crippen LogP) is 1.42. The lowest BCUT2D eigenvalue weighted by atomic mass is 9.80. The van der Waals surface area contributed by atoms with Crippen LogP contribution in [0.1, 0.15) is 45.4 Å². The number of rotatable bonds is 6. The number of hydrogen-bond acceptors (Lipinski definition) is 2. The zero-order valence-electron chi connectivity index (χ0n) is 9.09. The van der Waals surface area contributed by atoms with Crippen molar-refractivity contribution in [3.8, 4) is 0 Å². The van der Waals surface area contributed by atoms with Crippen LogP contribution < -0.4 is 11.1 Å². The van der Waals surface area contributed by atoms with Crippen molar-refractivity contribution in [2.45, 2.75) is 51.5 Å². The van der Waals surface area contributed by atoms with E-state index in [4.69, 9.17) is 5.73 Å². The minimum atomic E-state index is 0.192. The molecule has 3 heteroatoms. The Morgan fingerprint density at radius 3 is 2.71 bits per heavy atom. The van der Waals surface area contributed by atoms with E-state index in [2.05, 4.69) is 12.2 Å². The van der Waals surface area contributed by atoms with E-state index in [0.29, 0.717) is 19.0 Å². The minimum absolute atomic E-state index is 0.192. The molecule has 0 aromatic heterocycles. The van der Waals surface area contributed by atoms with Crippen LogP contribution in [0.25, 0.3) is 0 Å². The summed E-state index contributed by atoms with van der Waals surface area (Å²) in [6.07, 6.45) is 6.39. The van der Waals surface area contributed by atoms with Crippen molar-refractivity contribution in [2.24, 2.45) is 11.7 Å². The summed E-state index contributed by atoms with van der Waals surface area (Å²) in [6.45, 7) is 2.80. The van der Waals surface area contributed by atoms with Crippen molar-refractivity contribution in [3.63, 3.8) is 0 Å². The Bertz CT molecular complexity index is 178. The third kappa shape index (κ3) is 3.66. The first-order valence-electron chi connectivity index (χ1n) is 5.73. The van der Waals surface area contributed by atoms with Gasteiger partial charge in [-0.3, -0.25) is 4.79 Å². The van der Waals surface area contributed by atoms with Crippen molar-refractivity contribution in [3.05, 3.63) is 0 Å². The van der Waals surface area contributed by atoms with Gasteiger partial charge >= 0.3 is 0 Å². The fourth-order valence-corrected chi connectivity index (χ4v) is 1.81. The van der Waals surface area contributed by atoms with Crippen molar-refractivity contribution in [1.82, 2.24) is 5.32 Å². The van der Waals surface area contributed by atoms with Crippen LogP contribution in [0.2, 0.25) is 0 Å². The van der Waals surface area contributed by atoms with Crippen LogP contribution in [0.5, 0.6) is 0 Å². The van der Waals surface area contributed by atoms with Crippen LogP contribution in [0.15, 0.2) is 0 Å². The van der Waals surface area contributed by atoms with Crippen molar-refractivity contribution in [1.29, 1.82) is 0 Å². The molecule has 1 aliphatic carbocycles. The molecule has 1 rings (SSSR count). The first-order valence-corrected chi connectivity index (χ1v) is 5.73. The Balaban J connectivity index is 2.06. The van der Waals surface area contributed by atoms with Crippen LogP contribution in [-0.4, -0.2) is 18.5 Å². The summed E-state index contributed by atoms with van der Waals surface area (Å²) in [5.41, 5.74) is 5.36. The van der Waals surface area contributed by atoms with Gasteiger partial charge in [-0.25, -0.2) is 0 Å². The molecule has 0 heterocycles. The smallest absolute Gasteiger partial charge is 0.220 e. The normalized spacial score (nSPS) is 18.7. The fraction of sp³-hybridized carbons (Fsp3) is 0.909. The number of hydrogen-bond donors (Lipinski definition) is 2. The fourth-order valence-electron chi connectivity index (χ4n) is 1.81. The Morgan fingerprint density at radius 1 is 1.50 bits per heavy atom. The second kappa shape index (κ2) is 6.02. The highest BCUT2D eigenvalue weighted by Crippen LogP contribution is 2.29. The molecule has 1 amide bonds. The van der Waals surface area contributed by atoms with E-state index < -0.39 is 0 Å². The Kier molecular flexibility index (Phi) is 4.94. The van der Waals surface area contributed by atoms with E-state index >= 15 is 0 Å². The highest BCUT2D eigenvalue weighted by molar-refractivity contribution is 5.76. The second-order valence-electron chi connectivity index (χ2n) is 4.29. The Morgan fingerprint density at radius 2 is 2.21 bits per heavy atom. The van der Waals surface area contributed by atoms with Gasteiger partial charge in [0.15, 0.2) is 0 Å². The van der Waals surface area contributed by atoms with Gasteiger partial charge in [0.2, 0.25) is 5.91 Å². The third-order valence-electron chi connectivity index (χ3n) is 3.10. The van der Waals surface area contributed by atoms with Crippen LogP contribution in [-0.2, 0) is 4.79 Å². The summed E-state index contributed by atoms with van der Waals surface area (Å²) in [7, 11) is 0. The number of nitrogens with one attached hydrogen (secondary N) is 1. The van der Waals surface area contributed by atoms with Gasteiger partial charge in [-0.2, -0.15) is 0 Å². The lowest BCUT2D eigenvalue weighted by Gasteiger charge is -2.31. The van der Waals surface area contributed by atoms with E-state index in [9.17, 15) is 4.79 Å². The van der Waals surface area contributed by atoms with Crippen molar-refractivity contribution in [2.75, 3.05) is 6.54 Å². The van der Waals surface area contributed by atoms with Gasteiger partial charge in [-0.15, -0.1) is 0 Å². The second-order valence-corrected chi connectivity index (χ2v) is 4.29. The lowest BCUT2D eigenvalue weighted by Crippen LogP contribution is -2.40. The number of amides is 1. The SMILES string of the molecule is CC(NC(=O)CCCCN)C1CCC1. The van der Waals surface area contributed by atoms with Crippen LogP contribution >= 0.6 is 0 Å². The Hall–Kier alpha value is -0.570. The van der Waals surface area contributed by atoms with Gasteiger partial charge in [0.05, 0.1) is 0 Å². The number of nitrogens with two attached hydrogens (primary N) is 1. The molecule has 0 bridgehead atoms. The molecule has 1 saturated carbocycles. The molecule has 0 radical (unpaired) electrons. The summed E-state index contributed by atoms with van der Waals surface area (Å²) in [5.74, 6) is 0.923. The average Bonchev–Trinajstić information content (AvgIpc) is 2.00. The molecule has 0 aliphatic heterocycles. The lowest BCUT2D eigenvalue weighted by molar-refractivity contribution is -0.122. The molecule has 0 aromatic rings. The summed E-state index contributed by atoms with van der Waals surface area (Å²) in [6, 6.07) is 0.370. The molecule has 3 nitrogen and oxygen atoms in total. The zero-order valence-corrected chi connectivity index (χ0v) is 9.09. The molecular weight excluding hydrogens is 176 g/mol. The highest BCUT2D eigenvalue weighted by Gasteiger charge is 2.24. The summed E-state index contributed by atoms with van der Waals surface area (Å²) in [5, 5.41) is 3.06. The summed E-state index contributed by atoms with van der Waals surface area (Å²) < 4.78 is 0. The topological polar surface area (TPSA) is 55.1 Å². The number of unbranched alkanes of at least 4 members (excludes halogenated alkanes) is 1. The first kappa shape index (κ1) is 11.5. The maximum Gasteiger partial charge on any atom is 0.220 e. The third-order valence-corrected chi connectivity index (χ3v) is 3.10. The molecule has 0 spiro atoms. The first-order chi connectivity index (χ1) is 6.74. The van der Waals surface area contributed by atoms with Gasteiger partial charge in [0.25, 0.3) is 0 Å². The Labute approximate surface area is 86.4 Å². The molecule has 0 aromatic carbocycles. The predicted molar refractivity (Wildman–Crippen MR) is 57.9 cm³/mol. The van der Waals surface area contributed by atoms with Gasteiger partial charge < -0.3 is 11.1 Å². The van der Waals surface area contributed by atoms with Crippen molar-refractivity contribution >= 4 is 5.91 Å². The average molecular weight is 198 g/mol. The van der Waals surface area contributed by atoms with Gasteiger partial charge in [-0.1, -0.05) is 6.42 Å². The van der Waals surface area contributed by atoms with E-state index in [-0.39, 0.29) is 5.91 Å². The summed E-state index contributed by atoms with van der Waals surface area (Å²) >= 11 is 0. The minimum Gasteiger partial charge on any atom is -0.353 e. The standard InChI is InChI=1S/C11H22N2O/c1-9(10-5-4-6-10)13-11(14)7-2-3-8-12/h9-10H,2-8,12H2,1H3,(H,13,14). The monoisotopic (exact) mass is 198 g/mol.